The molecular formula is C9H9N3O2. The van der Waals surface area contributed by atoms with Crippen LogP contribution in [0.5, 0.6) is 0 Å². The van der Waals surface area contributed by atoms with Crippen molar-refractivity contribution in [3.63, 3.8) is 0 Å². The highest BCUT2D eigenvalue weighted by Crippen LogP contribution is 2.10. The number of rotatable bonds is 1. The first-order valence-electron chi connectivity index (χ1n) is 4.15. The lowest BCUT2D eigenvalue weighted by Gasteiger charge is -2.00. The van der Waals surface area contributed by atoms with Crippen molar-refractivity contribution in [2.45, 2.75) is 13.8 Å². The fourth-order valence-electron chi connectivity index (χ4n) is 1.33. The predicted octanol–water partition coefficient (Wildman–Crippen LogP) is 1.04. The standard InChI is InChI=1S/C9H9N3O2/c1-5-4-10-12-6(2)3-7(9(13)14)11-8(5)12/h3-4H,1-2H3,(H,13,14). The number of carbonyl (C=O) groups is 1. The highest BCUT2D eigenvalue weighted by atomic mass is 16.4. The number of aryl methyl sites for hydroxylation is 2. The molecular weight excluding hydrogens is 182 g/mol. The van der Waals surface area contributed by atoms with Gasteiger partial charge in [-0.2, -0.15) is 5.10 Å². The van der Waals surface area contributed by atoms with Crippen molar-refractivity contribution in [2.75, 3.05) is 0 Å². The van der Waals surface area contributed by atoms with E-state index in [0.29, 0.717) is 5.65 Å². The molecule has 5 nitrogen and oxygen atoms in total. The van der Waals surface area contributed by atoms with Gasteiger partial charge in [0.05, 0.1) is 6.20 Å². The Labute approximate surface area is 80.0 Å². The zero-order valence-electron chi connectivity index (χ0n) is 7.85. The normalized spacial score (nSPS) is 10.7. The van der Waals surface area contributed by atoms with E-state index in [0.717, 1.165) is 11.3 Å². The summed E-state index contributed by atoms with van der Waals surface area (Å²) in [6.07, 6.45) is 1.67. The molecule has 0 atom stereocenters. The van der Waals surface area contributed by atoms with Gasteiger partial charge in [0.1, 0.15) is 0 Å². The molecule has 2 rings (SSSR count). The summed E-state index contributed by atoms with van der Waals surface area (Å²) < 4.78 is 1.63. The number of nitrogens with zero attached hydrogens (tertiary/aromatic N) is 3. The number of fused-ring (bicyclic) bond motifs is 1. The Morgan fingerprint density at radius 2 is 2.21 bits per heavy atom. The van der Waals surface area contributed by atoms with Crippen LogP contribution in [0.4, 0.5) is 0 Å². The lowest BCUT2D eigenvalue weighted by molar-refractivity contribution is 0.0690. The molecule has 2 aromatic heterocycles. The van der Waals surface area contributed by atoms with Crippen molar-refractivity contribution >= 4 is 11.6 Å². The van der Waals surface area contributed by atoms with Crippen LogP contribution in [0, 0.1) is 13.8 Å². The van der Waals surface area contributed by atoms with Crippen molar-refractivity contribution in [3.8, 4) is 0 Å². The average Bonchev–Trinajstić information content (AvgIpc) is 2.48. The lowest BCUT2D eigenvalue weighted by atomic mass is 10.3. The van der Waals surface area contributed by atoms with E-state index in [1.807, 2.05) is 6.92 Å². The van der Waals surface area contributed by atoms with Gasteiger partial charge >= 0.3 is 5.97 Å². The molecule has 0 spiro atoms. The Bertz CT molecular complexity index is 516. The molecule has 72 valence electrons. The Kier molecular flexibility index (Phi) is 1.73. The van der Waals surface area contributed by atoms with Gasteiger partial charge in [0, 0.05) is 11.3 Å². The van der Waals surface area contributed by atoms with Gasteiger partial charge in [-0.15, -0.1) is 0 Å². The highest BCUT2D eigenvalue weighted by Gasteiger charge is 2.10. The van der Waals surface area contributed by atoms with Crippen molar-refractivity contribution in [2.24, 2.45) is 0 Å². The summed E-state index contributed by atoms with van der Waals surface area (Å²) in [6, 6.07) is 1.50. The van der Waals surface area contributed by atoms with E-state index in [-0.39, 0.29) is 5.69 Å². The van der Waals surface area contributed by atoms with Gasteiger partial charge < -0.3 is 5.11 Å². The Morgan fingerprint density at radius 3 is 2.86 bits per heavy atom. The first-order valence-corrected chi connectivity index (χ1v) is 4.15. The molecule has 2 aromatic rings. The Balaban J connectivity index is 2.82. The second-order valence-corrected chi connectivity index (χ2v) is 3.15. The van der Waals surface area contributed by atoms with Crippen LogP contribution in [-0.4, -0.2) is 25.7 Å². The zero-order chi connectivity index (χ0) is 10.3. The van der Waals surface area contributed by atoms with Crippen LogP contribution in [-0.2, 0) is 0 Å². The van der Waals surface area contributed by atoms with Crippen LogP contribution in [0.15, 0.2) is 12.3 Å². The smallest absolute Gasteiger partial charge is 0.354 e. The third-order valence-electron chi connectivity index (χ3n) is 2.05. The SMILES string of the molecule is Cc1cnn2c(C)cc(C(=O)O)nc12. The van der Waals surface area contributed by atoms with Crippen LogP contribution >= 0.6 is 0 Å². The molecule has 0 radical (unpaired) electrons. The summed E-state index contributed by atoms with van der Waals surface area (Å²) in [5.41, 5.74) is 2.29. The third kappa shape index (κ3) is 1.14. The van der Waals surface area contributed by atoms with Gasteiger partial charge in [-0.05, 0) is 19.9 Å². The predicted molar refractivity (Wildman–Crippen MR) is 49.4 cm³/mol. The van der Waals surface area contributed by atoms with E-state index in [9.17, 15) is 4.79 Å². The van der Waals surface area contributed by atoms with E-state index in [4.69, 9.17) is 5.11 Å². The summed E-state index contributed by atoms with van der Waals surface area (Å²) in [7, 11) is 0. The van der Waals surface area contributed by atoms with E-state index in [1.54, 1.807) is 17.6 Å². The molecule has 2 heterocycles. The van der Waals surface area contributed by atoms with Gasteiger partial charge in [-0.1, -0.05) is 0 Å². The van der Waals surface area contributed by atoms with Gasteiger partial charge in [0.2, 0.25) is 0 Å². The first kappa shape index (κ1) is 8.68. The monoisotopic (exact) mass is 191 g/mol. The third-order valence-corrected chi connectivity index (χ3v) is 2.05. The highest BCUT2D eigenvalue weighted by molar-refractivity contribution is 5.86. The summed E-state index contributed by atoms with van der Waals surface area (Å²) in [4.78, 5) is 14.7. The second-order valence-electron chi connectivity index (χ2n) is 3.15. The maximum Gasteiger partial charge on any atom is 0.354 e. The van der Waals surface area contributed by atoms with E-state index in [1.165, 1.54) is 6.07 Å². The van der Waals surface area contributed by atoms with E-state index >= 15 is 0 Å². The summed E-state index contributed by atoms with van der Waals surface area (Å²) >= 11 is 0. The minimum atomic E-state index is -1.02. The number of hydrogen-bond donors (Lipinski definition) is 1. The Morgan fingerprint density at radius 1 is 1.50 bits per heavy atom. The topological polar surface area (TPSA) is 67.5 Å². The average molecular weight is 191 g/mol. The van der Waals surface area contributed by atoms with Crippen molar-refractivity contribution in [1.82, 2.24) is 14.6 Å². The molecule has 0 aromatic carbocycles. The van der Waals surface area contributed by atoms with Crippen molar-refractivity contribution < 1.29 is 9.90 Å². The maximum atomic E-state index is 10.7. The molecule has 14 heavy (non-hydrogen) atoms. The molecule has 0 saturated heterocycles. The number of carboxylic acids is 1. The summed E-state index contributed by atoms with van der Waals surface area (Å²) in [5.74, 6) is -1.02. The lowest BCUT2D eigenvalue weighted by Crippen LogP contribution is -2.05. The maximum absolute atomic E-state index is 10.7. The number of carboxylic acid groups (broad SMARTS) is 1. The molecule has 0 unspecified atom stereocenters. The molecule has 1 N–H and O–H groups in total. The fourth-order valence-corrected chi connectivity index (χ4v) is 1.33. The molecule has 0 aliphatic heterocycles. The Hall–Kier alpha value is -1.91. The summed E-state index contributed by atoms with van der Waals surface area (Å²) in [5, 5.41) is 12.9. The summed E-state index contributed by atoms with van der Waals surface area (Å²) in [6.45, 7) is 3.65. The van der Waals surface area contributed by atoms with Gasteiger partial charge in [0.25, 0.3) is 0 Å². The van der Waals surface area contributed by atoms with Gasteiger partial charge in [-0.3, -0.25) is 0 Å². The second kappa shape index (κ2) is 2.80. The molecule has 0 aliphatic carbocycles. The minimum Gasteiger partial charge on any atom is -0.477 e. The van der Waals surface area contributed by atoms with Crippen LogP contribution in [0.2, 0.25) is 0 Å². The number of hydrogen-bond acceptors (Lipinski definition) is 3. The molecule has 5 heteroatoms. The first-order chi connectivity index (χ1) is 6.59. The van der Waals surface area contributed by atoms with E-state index in [2.05, 4.69) is 10.1 Å². The molecule has 0 bridgehead atoms. The van der Waals surface area contributed by atoms with Crippen LogP contribution < -0.4 is 0 Å². The van der Waals surface area contributed by atoms with Crippen LogP contribution in [0.1, 0.15) is 21.7 Å². The van der Waals surface area contributed by atoms with Gasteiger partial charge in [0.15, 0.2) is 11.3 Å². The zero-order valence-corrected chi connectivity index (χ0v) is 7.85. The number of aromatic nitrogens is 3. The van der Waals surface area contributed by atoms with Crippen LogP contribution in [0.3, 0.4) is 0 Å². The van der Waals surface area contributed by atoms with E-state index < -0.39 is 5.97 Å². The molecule has 0 aliphatic rings. The fraction of sp³-hybridized carbons (Fsp3) is 0.222. The largest absolute Gasteiger partial charge is 0.477 e. The van der Waals surface area contributed by atoms with Crippen LogP contribution in [0.25, 0.3) is 5.65 Å². The number of aromatic carboxylic acids is 1. The molecule has 0 amide bonds. The molecule has 0 fully saturated rings. The quantitative estimate of drug-likeness (QED) is 0.731. The van der Waals surface area contributed by atoms with Crippen molar-refractivity contribution in [1.29, 1.82) is 0 Å². The van der Waals surface area contributed by atoms with Gasteiger partial charge in [-0.25, -0.2) is 14.3 Å². The molecule has 0 saturated carbocycles. The minimum absolute atomic E-state index is 0.0543. The van der Waals surface area contributed by atoms with Crippen molar-refractivity contribution in [3.05, 3.63) is 29.2 Å².